The van der Waals surface area contributed by atoms with Crippen LogP contribution in [0.1, 0.15) is 19.3 Å². The molecule has 3 saturated heterocycles. The number of imide groups is 1. The van der Waals surface area contributed by atoms with Gasteiger partial charge in [0, 0.05) is 25.7 Å². The third-order valence-corrected chi connectivity index (χ3v) is 5.01. The first-order valence-electron chi connectivity index (χ1n) is 7.90. The van der Waals surface area contributed by atoms with Crippen molar-refractivity contribution in [3.05, 3.63) is 29.8 Å². The molecule has 23 heavy (non-hydrogen) atoms. The zero-order valence-electron chi connectivity index (χ0n) is 12.5. The van der Waals surface area contributed by atoms with Crippen LogP contribution in [0.2, 0.25) is 0 Å². The second kappa shape index (κ2) is 5.18. The van der Waals surface area contributed by atoms with Gasteiger partial charge in [-0.25, -0.2) is 13.6 Å². The summed E-state index contributed by atoms with van der Waals surface area (Å²) in [5, 5.41) is 0. The van der Waals surface area contributed by atoms with E-state index in [9.17, 15) is 18.4 Å². The number of urea groups is 1. The van der Waals surface area contributed by atoms with Gasteiger partial charge in [0.25, 0.3) is 5.91 Å². The van der Waals surface area contributed by atoms with Crippen LogP contribution in [0.3, 0.4) is 0 Å². The van der Waals surface area contributed by atoms with E-state index in [1.165, 1.54) is 17.0 Å². The van der Waals surface area contributed by atoms with Crippen molar-refractivity contribution in [2.45, 2.75) is 31.3 Å². The predicted octanol–water partition coefficient (Wildman–Crippen LogP) is 1.97. The summed E-state index contributed by atoms with van der Waals surface area (Å²) in [5.41, 5.74) is 0.313. The van der Waals surface area contributed by atoms with E-state index >= 15 is 0 Å². The van der Waals surface area contributed by atoms with Gasteiger partial charge in [0.2, 0.25) is 0 Å². The van der Waals surface area contributed by atoms with Crippen LogP contribution >= 0.6 is 0 Å². The zero-order chi connectivity index (χ0) is 16.1. The van der Waals surface area contributed by atoms with Gasteiger partial charge in [-0.3, -0.25) is 9.69 Å². The van der Waals surface area contributed by atoms with Crippen molar-refractivity contribution in [3.63, 3.8) is 0 Å². The van der Waals surface area contributed by atoms with E-state index < -0.39 is 11.6 Å². The van der Waals surface area contributed by atoms with Crippen LogP contribution in [0.4, 0.5) is 19.3 Å². The molecule has 5 nitrogen and oxygen atoms in total. The van der Waals surface area contributed by atoms with Gasteiger partial charge in [0.05, 0.1) is 11.7 Å². The Kier molecular flexibility index (Phi) is 3.25. The molecule has 0 N–H and O–H groups in total. The standard InChI is InChI=1S/C16H17F2N3O2/c17-10-3-4-13(12(18)8-10)19-7-5-11(9-19)21-15(22)14-2-1-6-20(14)16(21)23/h3-4,8,11,14H,1-2,5-7,9H2/t11?,14-/m0/s1. The van der Waals surface area contributed by atoms with Gasteiger partial charge in [0.15, 0.2) is 0 Å². The van der Waals surface area contributed by atoms with E-state index in [0.717, 1.165) is 18.9 Å². The number of amides is 3. The predicted molar refractivity (Wildman–Crippen MR) is 78.9 cm³/mol. The summed E-state index contributed by atoms with van der Waals surface area (Å²) in [7, 11) is 0. The van der Waals surface area contributed by atoms with E-state index in [2.05, 4.69) is 0 Å². The average Bonchev–Trinajstić information content (AvgIpc) is 3.19. The minimum atomic E-state index is -0.620. The fraction of sp³-hybridized carbons (Fsp3) is 0.500. The lowest BCUT2D eigenvalue weighted by Gasteiger charge is -2.24. The van der Waals surface area contributed by atoms with E-state index in [-0.39, 0.29) is 24.0 Å². The minimum Gasteiger partial charge on any atom is -0.367 e. The molecule has 1 aromatic rings. The Morgan fingerprint density at radius 2 is 1.91 bits per heavy atom. The van der Waals surface area contributed by atoms with Crippen LogP contribution in [0, 0.1) is 11.6 Å². The van der Waals surface area contributed by atoms with E-state index in [1.54, 1.807) is 9.80 Å². The molecule has 4 rings (SSSR count). The number of hydrogen-bond donors (Lipinski definition) is 0. The molecule has 0 spiro atoms. The lowest BCUT2D eigenvalue weighted by atomic mass is 10.2. The maximum Gasteiger partial charge on any atom is 0.327 e. The molecule has 2 atom stereocenters. The van der Waals surface area contributed by atoms with E-state index in [4.69, 9.17) is 0 Å². The molecular weight excluding hydrogens is 304 g/mol. The number of hydrogen-bond acceptors (Lipinski definition) is 3. The van der Waals surface area contributed by atoms with Crippen molar-refractivity contribution in [1.82, 2.24) is 9.80 Å². The first-order valence-corrected chi connectivity index (χ1v) is 7.90. The maximum atomic E-state index is 13.9. The second-order valence-electron chi connectivity index (χ2n) is 6.33. The van der Waals surface area contributed by atoms with Gasteiger partial charge in [-0.05, 0) is 31.4 Å². The molecule has 3 aliphatic rings. The Bertz CT molecular complexity index is 659. The van der Waals surface area contributed by atoms with Gasteiger partial charge in [-0.2, -0.15) is 0 Å². The van der Waals surface area contributed by atoms with E-state index in [0.29, 0.717) is 31.7 Å². The Morgan fingerprint density at radius 3 is 2.65 bits per heavy atom. The van der Waals surface area contributed by atoms with Gasteiger partial charge in [0.1, 0.15) is 17.7 Å². The van der Waals surface area contributed by atoms with Gasteiger partial charge < -0.3 is 9.80 Å². The monoisotopic (exact) mass is 321 g/mol. The second-order valence-corrected chi connectivity index (χ2v) is 6.33. The quantitative estimate of drug-likeness (QED) is 0.782. The Morgan fingerprint density at radius 1 is 1.09 bits per heavy atom. The molecule has 0 aromatic heterocycles. The highest BCUT2D eigenvalue weighted by atomic mass is 19.1. The molecular formula is C16H17F2N3O2. The summed E-state index contributed by atoms with van der Waals surface area (Å²) in [4.78, 5) is 29.7. The van der Waals surface area contributed by atoms with Crippen molar-refractivity contribution in [1.29, 1.82) is 0 Å². The van der Waals surface area contributed by atoms with Crippen LogP contribution in [0.5, 0.6) is 0 Å². The number of nitrogens with zero attached hydrogens (tertiary/aromatic N) is 3. The van der Waals surface area contributed by atoms with Crippen molar-refractivity contribution in [3.8, 4) is 0 Å². The first-order chi connectivity index (χ1) is 11.1. The van der Waals surface area contributed by atoms with Crippen LogP contribution in [0.15, 0.2) is 18.2 Å². The molecule has 0 saturated carbocycles. The molecule has 0 radical (unpaired) electrons. The minimum absolute atomic E-state index is 0.126. The lowest BCUT2D eigenvalue weighted by Crippen LogP contribution is -2.43. The van der Waals surface area contributed by atoms with Gasteiger partial charge >= 0.3 is 6.03 Å². The largest absolute Gasteiger partial charge is 0.367 e. The molecule has 3 aliphatic heterocycles. The number of rotatable bonds is 2. The van der Waals surface area contributed by atoms with Gasteiger partial charge in [-0.1, -0.05) is 0 Å². The average molecular weight is 321 g/mol. The fourth-order valence-electron chi connectivity index (χ4n) is 3.89. The number of fused-ring (bicyclic) bond motifs is 1. The van der Waals surface area contributed by atoms with Crippen LogP contribution in [-0.4, -0.2) is 53.5 Å². The number of anilines is 1. The number of carbonyl (C=O) groups excluding carboxylic acids is 2. The normalized spacial score (nSPS) is 27.3. The van der Waals surface area contributed by atoms with Crippen molar-refractivity contribution >= 4 is 17.6 Å². The SMILES string of the molecule is O=C1[C@@H]2CCCN2C(=O)N1C1CCN(c2ccc(F)cc2F)C1. The highest BCUT2D eigenvalue weighted by molar-refractivity contribution is 6.05. The number of benzene rings is 1. The Balaban J connectivity index is 1.52. The number of carbonyl (C=O) groups is 2. The zero-order valence-corrected chi connectivity index (χ0v) is 12.5. The van der Waals surface area contributed by atoms with Crippen molar-refractivity contribution in [2.24, 2.45) is 0 Å². The smallest absolute Gasteiger partial charge is 0.327 e. The number of halogens is 2. The molecule has 1 aromatic carbocycles. The Labute approximate surface area is 132 Å². The summed E-state index contributed by atoms with van der Waals surface area (Å²) in [6.07, 6.45) is 2.20. The summed E-state index contributed by atoms with van der Waals surface area (Å²) < 4.78 is 26.9. The first kappa shape index (κ1) is 14.4. The summed E-state index contributed by atoms with van der Waals surface area (Å²) in [5.74, 6) is -1.36. The van der Waals surface area contributed by atoms with Crippen molar-refractivity contribution < 1.29 is 18.4 Å². The summed E-state index contributed by atoms with van der Waals surface area (Å²) >= 11 is 0. The molecule has 3 heterocycles. The molecule has 7 heteroatoms. The molecule has 3 amide bonds. The maximum absolute atomic E-state index is 13.9. The highest BCUT2D eigenvalue weighted by Gasteiger charge is 2.50. The summed E-state index contributed by atoms with van der Waals surface area (Å²) in [6.45, 7) is 1.56. The summed E-state index contributed by atoms with van der Waals surface area (Å²) in [6, 6.07) is 2.70. The Hall–Kier alpha value is -2.18. The third kappa shape index (κ3) is 2.17. The van der Waals surface area contributed by atoms with Crippen LogP contribution in [0.25, 0.3) is 0 Å². The fourth-order valence-corrected chi connectivity index (χ4v) is 3.89. The highest BCUT2D eigenvalue weighted by Crippen LogP contribution is 2.33. The molecule has 0 aliphatic carbocycles. The lowest BCUT2D eigenvalue weighted by molar-refractivity contribution is -0.129. The molecule has 1 unspecified atom stereocenters. The van der Waals surface area contributed by atoms with Crippen molar-refractivity contribution in [2.75, 3.05) is 24.5 Å². The molecule has 3 fully saturated rings. The molecule has 0 bridgehead atoms. The topological polar surface area (TPSA) is 43.9 Å². The third-order valence-electron chi connectivity index (χ3n) is 5.01. The van der Waals surface area contributed by atoms with E-state index in [1.807, 2.05) is 0 Å². The molecule has 122 valence electrons. The van der Waals surface area contributed by atoms with Crippen LogP contribution in [-0.2, 0) is 4.79 Å². The van der Waals surface area contributed by atoms with Crippen LogP contribution < -0.4 is 4.90 Å². The van der Waals surface area contributed by atoms with Gasteiger partial charge in [-0.15, -0.1) is 0 Å².